The fourth-order valence-corrected chi connectivity index (χ4v) is 4.07. The molecule has 0 amide bonds. The zero-order chi connectivity index (χ0) is 19.7. The van der Waals surface area contributed by atoms with Crippen LogP contribution in [0.2, 0.25) is 0 Å². The monoisotopic (exact) mass is 493 g/mol. The predicted molar refractivity (Wildman–Crippen MR) is 114 cm³/mol. The largest absolute Gasteiger partial charge is 0.493 e. The summed E-state index contributed by atoms with van der Waals surface area (Å²) in [6.07, 6.45) is 2.33. The molecular formula is C21H20INO5. The van der Waals surface area contributed by atoms with Gasteiger partial charge in [0.05, 0.1) is 25.8 Å². The molecule has 1 aliphatic rings. The molecule has 2 aromatic carbocycles. The summed E-state index contributed by atoms with van der Waals surface area (Å²) < 4.78 is 28.8. The Morgan fingerprint density at radius 3 is 2.46 bits per heavy atom. The minimum absolute atomic E-state index is 0.155. The second kappa shape index (κ2) is 8.00. The van der Waals surface area contributed by atoms with E-state index in [4.69, 9.17) is 23.7 Å². The van der Waals surface area contributed by atoms with Crippen LogP contribution in [0.15, 0.2) is 36.5 Å². The van der Waals surface area contributed by atoms with Gasteiger partial charge in [0.1, 0.15) is 0 Å². The number of hydrogen-bond donors (Lipinski definition) is 0. The predicted octanol–water partition coefficient (Wildman–Crippen LogP) is 4.52. The first kappa shape index (κ1) is 19.1. The molecule has 146 valence electrons. The minimum Gasteiger partial charge on any atom is -0.493 e. The molecule has 3 aromatic rings. The Balaban J connectivity index is 1.74. The van der Waals surface area contributed by atoms with Gasteiger partial charge in [-0.25, -0.2) is 0 Å². The maximum atomic E-state index is 5.88. The minimum atomic E-state index is -0.155. The molecule has 2 heterocycles. The highest BCUT2D eigenvalue weighted by Gasteiger charge is 2.21. The number of halogens is 1. The van der Waals surface area contributed by atoms with Crippen molar-refractivity contribution in [2.75, 3.05) is 28.1 Å². The van der Waals surface area contributed by atoms with Crippen LogP contribution in [0.5, 0.6) is 23.0 Å². The van der Waals surface area contributed by atoms with E-state index in [1.807, 2.05) is 30.3 Å². The van der Waals surface area contributed by atoms with Crippen LogP contribution in [0.3, 0.4) is 0 Å². The van der Waals surface area contributed by atoms with Crippen molar-refractivity contribution in [1.29, 1.82) is 0 Å². The van der Waals surface area contributed by atoms with Gasteiger partial charge >= 0.3 is 0 Å². The lowest BCUT2D eigenvalue weighted by molar-refractivity contribution is 0.104. The first-order valence-corrected chi connectivity index (χ1v) is 9.84. The Kier molecular flexibility index (Phi) is 5.45. The summed E-state index contributed by atoms with van der Waals surface area (Å²) in [5, 5.41) is 0.995. The van der Waals surface area contributed by atoms with Crippen LogP contribution in [0.1, 0.15) is 17.2 Å². The number of ether oxygens (including phenoxy) is 5. The van der Waals surface area contributed by atoms with Gasteiger partial charge in [0, 0.05) is 34.8 Å². The van der Waals surface area contributed by atoms with E-state index in [9.17, 15) is 0 Å². The molecule has 1 aromatic heterocycles. The molecule has 6 nitrogen and oxygen atoms in total. The molecule has 1 unspecified atom stereocenters. The zero-order valence-corrected chi connectivity index (χ0v) is 18.0. The number of methoxy groups -OCH3 is 3. The summed E-state index contributed by atoms with van der Waals surface area (Å²) in [4.78, 5) is 4.48. The van der Waals surface area contributed by atoms with E-state index in [1.165, 1.54) is 0 Å². The Morgan fingerprint density at radius 2 is 1.75 bits per heavy atom. The van der Waals surface area contributed by atoms with Crippen LogP contribution in [-0.4, -0.2) is 33.1 Å². The lowest BCUT2D eigenvalue weighted by atomic mass is 9.97. The third-order valence-electron chi connectivity index (χ3n) is 4.86. The number of fused-ring (bicyclic) bond motifs is 2. The van der Waals surface area contributed by atoms with Crippen LogP contribution in [0, 0.1) is 3.57 Å². The number of pyridine rings is 1. The molecule has 0 fully saturated rings. The van der Waals surface area contributed by atoms with Gasteiger partial charge in [-0.05, 0) is 58.0 Å². The fraction of sp³-hybridized carbons (Fsp3) is 0.286. The van der Waals surface area contributed by atoms with E-state index < -0.39 is 0 Å². The van der Waals surface area contributed by atoms with E-state index in [0.717, 1.165) is 37.1 Å². The van der Waals surface area contributed by atoms with Gasteiger partial charge in [-0.15, -0.1) is 0 Å². The summed E-state index contributed by atoms with van der Waals surface area (Å²) >= 11 is 2.31. The van der Waals surface area contributed by atoms with Crippen molar-refractivity contribution in [3.05, 3.63) is 51.2 Å². The van der Waals surface area contributed by atoms with Crippen molar-refractivity contribution < 1.29 is 23.7 Å². The SMILES string of the molecule is COc1cc(I)c(CC(OC)c2ccnc3cc4c(cc23)OCO4)cc1OC. The van der Waals surface area contributed by atoms with Gasteiger partial charge in [0.25, 0.3) is 0 Å². The fourth-order valence-electron chi connectivity index (χ4n) is 3.41. The molecular weight excluding hydrogens is 473 g/mol. The van der Waals surface area contributed by atoms with E-state index in [1.54, 1.807) is 27.5 Å². The molecule has 0 radical (unpaired) electrons. The molecule has 1 aliphatic heterocycles. The van der Waals surface area contributed by atoms with Crippen LogP contribution >= 0.6 is 22.6 Å². The Hall–Kier alpha value is -2.26. The van der Waals surface area contributed by atoms with E-state index in [0.29, 0.717) is 17.9 Å². The molecule has 0 saturated carbocycles. The van der Waals surface area contributed by atoms with Gasteiger partial charge in [0.2, 0.25) is 6.79 Å². The molecule has 7 heteroatoms. The van der Waals surface area contributed by atoms with E-state index in [2.05, 4.69) is 27.6 Å². The molecule has 0 bridgehead atoms. The highest BCUT2D eigenvalue weighted by Crippen LogP contribution is 2.39. The quantitative estimate of drug-likeness (QED) is 0.471. The number of rotatable bonds is 6. The summed E-state index contributed by atoms with van der Waals surface area (Å²) in [7, 11) is 5.00. The van der Waals surface area contributed by atoms with Gasteiger partial charge in [0.15, 0.2) is 23.0 Å². The second-order valence-corrected chi connectivity index (χ2v) is 7.51. The first-order chi connectivity index (χ1) is 13.6. The van der Waals surface area contributed by atoms with Gasteiger partial charge in [-0.3, -0.25) is 4.98 Å². The highest BCUT2D eigenvalue weighted by atomic mass is 127. The number of hydrogen-bond acceptors (Lipinski definition) is 6. The van der Waals surface area contributed by atoms with Crippen LogP contribution in [-0.2, 0) is 11.2 Å². The van der Waals surface area contributed by atoms with Crippen molar-refractivity contribution in [2.45, 2.75) is 12.5 Å². The Morgan fingerprint density at radius 1 is 1.04 bits per heavy atom. The van der Waals surface area contributed by atoms with Crippen molar-refractivity contribution >= 4 is 33.5 Å². The third-order valence-corrected chi connectivity index (χ3v) is 5.86. The van der Waals surface area contributed by atoms with E-state index >= 15 is 0 Å². The molecule has 0 aliphatic carbocycles. The lowest BCUT2D eigenvalue weighted by Gasteiger charge is -2.20. The molecule has 28 heavy (non-hydrogen) atoms. The van der Waals surface area contributed by atoms with Crippen molar-refractivity contribution in [2.24, 2.45) is 0 Å². The topological polar surface area (TPSA) is 59.0 Å². The second-order valence-electron chi connectivity index (χ2n) is 6.35. The van der Waals surface area contributed by atoms with Crippen LogP contribution in [0.4, 0.5) is 0 Å². The van der Waals surface area contributed by atoms with Gasteiger partial charge in [-0.1, -0.05) is 0 Å². The number of nitrogens with zero attached hydrogens (tertiary/aromatic N) is 1. The van der Waals surface area contributed by atoms with Gasteiger partial charge < -0.3 is 23.7 Å². The number of aromatic nitrogens is 1. The first-order valence-electron chi connectivity index (χ1n) is 8.76. The zero-order valence-electron chi connectivity index (χ0n) is 15.8. The summed E-state index contributed by atoms with van der Waals surface area (Å²) in [6.45, 7) is 0.235. The van der Waals surface area contributed by atoms with Gasteiger partial charge in [-0.2, -0.15) is 0 Å². The maximum Gasteiger partial charge on any atom is 0.231 e. The molecule has 0 spiro atoms. The molecule has 4 rings (SSSR count). The van der Waals surface area contributed by atoms with Crippen molar-refractivity contribution in [1.82, 2.24) is 4.98 Å². The van der Waals surface area contributed by atoms with Crippen molar-refractivity contribution in [3.8, 4) is 23.0 Å². The molecule has 0 N–H and O–H groups in total. The van der Waals surface area contributed by atoms with E-state index in [-0.39, 0.29) is 12.9 Å². The normalized spacial score (nSPS) is 13.6. The molecule has 0 saturated heterocycles. The lowest BCUT2D eigenvalue weighted by Crippen LogP contribution is -2.08. The smallest absolute Gasteiger partial charge is 0.231 e. The highest BCUT2D eigenvalue weighted by molar-refractivity contribution is 14.1. The summed E-state index contributed by atoms with van der Waals surface area (Å²) in [6, 6.07) is 9.86. The maximum absolute atomic E-state index is 5.88. The summed E-state index contributed by atoms with van der Waals surface area (Å²) in [5.41, 5.74) is 3.03. The number of benzene rings is 2. The third kappa shape index (κ3) is 3.44. The van der Waals surface area contributed by atoms with Crippen LogP contribution in [0.25, 0.3) is 10.9 Å². The van der Waals surface area contributed by atoms with Crippen molar-refractivity contribution in [3.63, 3.8) is 0 Å². The van der Waals surface area contributed by atoms with Crippen LogP contribution < -0.4 is 18.9 Å². The standard InChI is InChI=1S/C21H20INO5/c1-24-17(6-12-7-18(25-2)19(26-3)9-15(12)22)13-4-5-23-16-10-21-20(8-14(13)16)27-11-28-21/h4-5,7-10,17H,6,11H2,1-3H3. The average Bonchev–Trinajstić information content (AvgIpc) is 3.18. The average molecular weight is 493 g/mol. The Bertz CT molecular complexity index is 1020. The summed E-state index contributed by atoms with van der Waals surface area (Å²) in [5.74, 6) is 2.88. The Labute approximate surface area is 176 Å². The molecule has 1 atom stereocenters.